The van der Waals surface area contributed by atoms with Gasteiger partial charge in [0.2, 0.25) is 11.8 Å². The highest BCUT2D eigenvalue weighted by molar-refractivity contribution is 5.96. The third-order valence-corrected chi connectivity index (χ3v) is 9.59. The van der Waals surface area contributed by atoms with Crippen molar-refractivity contribution in [2.75, 3.05) is 25.5 Å². The van der Waals surface area contributed by atoms with Crippen molar-refractivity contribution in [2.45, 2.75) is 84.5 Å². The number of nitrogens with two attached hydrogens (primary N) is 2. The van der Waals surface area contributed by atoms with E-state index in [4.69, 9.17) is 10.5 Å². The topological polar surface area (TPSA) is 130 Å². The maximum atomic E-state index is 13.6. The number of fused-ring (bicyclic) bond motifs is 2. The van der Waals surface area contributed by atoms with E-state index >= 15 is 0 Å². The highest BCUT2D eigenvalue weighted by Gasteiger charge is 2.30. The van der Waals surface area contributed by atoms with E-state index in [1.54, 1.807) is 6.08 Å². The summed E-state index contributed by atoms with van der Waals surface area (Å²) in [5, 5.41) is 14.1. The first kappa shape index (κ1) is 35.1. The Morgan fingerprint density at radius 2 is 1.86 bits per heavy atom. The van der Waals surface area contributed by atoms with Gasteiger partial charge in [-0.3, -0.25) is 9.72 Å². The molecule has 3 heterocycles. The number of carbonyl (C=O) groups excluding carboxylic acids is 1. The monoisotopic (exact) mass is 678 g/mol. The van der Waals surface area contributed by atoms with E-state index in [1.165, 1.54) is 12.0 Å². The molecule has 1 aliphatic carbocycles. The molecule has 5 N–H and O–H groups in total. The number of ether oxygens (including phenoxy) is 1. The Morgan fingerprint density at radius 3 is 2.62 bits per heavy atom. The van der Waals surface area contributed by atoms with E-state index in [0.29, 0.717) is 24.0 Å². The summed E-state index contributed by atoms with van der Waals surface area (Å²) in [6.07, 6.45) is 8.63. The van der Waals surface area contributed by atoms with Crippen LogP contribution in [-0.4, -0.2) is 58.0 Å². The fourth-order valence-corrected chi connectivity index (χ4v) is 6.80. The molecule has 2 aromatic heterocycles. The first-order valence-electron chi connectivity index (χ1n) is 17.8. The molecule has 1 fully saturated rings. The van der Waals surface area contributed by atoms with E-state index < -0.39 is 6.03 Å². The molecule has 2 aliphatic rings. The second kappa shape index (κ2) is 15.0. The molecule has 1 saturated heterocycles. The largest absolute Gasteiger partial charge is 0.484 e. The molecule has 3 atom stereocenters. The number of allylic oxidation sites excluding steroid dienone is 1. The molecule has 50 heavy (non-hydrogen) atoms. The number of amides is 2. The quantitative estimate of drug-likeness (QED) is 0.118. The summed E-state index contributed by atoms with van der Waals surface area (Å²) < 4.78 is 8.70. The average Bonchev–Trinajstić information content (AvgIpc) is 3.48. The van der Waals surface area contributed by atoms with Crippen LogP contribution in [0.25, 0.3) is 5.65 Å². The van der Waals surface area contributed by atoms with Gasteiger partial charge >= 0.3 is 6.03 Å². The molecule has 264 valence electrons. The fourth-order valence-electron chi connectivity index (χ4n) is 6.80. The van der Waals surface area contributed by atoms with Crippen LogP contribution in [0.3, 0.4) is 0 Å². The molecule has 0 spiro atoms. The predicted octanol–water partition coefficient (Wildman–Crippen LogP) is 6.02. The van der Waals surface area contributed by atoms with Gasteiger partial charge in [0, 0.05) is 42.4 Å². The van der Waals surface area contributed by atoms with Crippen molar-refractivity contribution in [1.82, 2.24) is 24.8 Å². The molecule has 4 aromatic rings. The Kier molecular flexibility index (Phi) is 10.5. The van der Waals surface area contributed by atoms with Gasteiger partial charge in [0.1, 0.15) is 17.5 Å². The van der Waals surface area contributed by atoms with Crippen LogP contribution in [0.5, 0.6) is 5.75 Å². The number of benzene rings is 2. The van der Waals surface area contributed by atoms with Crippen LogP contribution in [0.15, 0.2) is 83.6 Å². The van der Waals surface area contributed by atoms with Gasteiger partial charge in [0.15, 0.2) is 5.65 Å². The second-order valence-corrected chi connectivity index (χ2v) is 15.0. The molecule has 11 heteroatoms. The van der Waals surface area contributed by atoms with Crippen LogP contribution in [0.1, 0.15) is 88.6 Å². The van der Waals surface area contributed by atoms with E-state index in [0.717, 1.165) is 66.5 Å². The zero-order chi connectivity index (χ0) is 35.4. The van der Waals surface area contributed by atoms with Crippen LogP contribution in [0, 0.1) is 5.41 Å². The normalized spacial score (nSPS) is 20.2. The molecular formula is C39H52N9O2+. The van der Waals surface area contributed by atoms with E-state index in [2.05, 4.69) is 61.5 Å². The van der Waals surface area contributed by atoms with Gasteiger partial charge in [-0.2, -0.15) is 0 Å². The lowest BCUT2D eigenvalue weighted by Crippen LogP contribution is -2.82. The summed E-state index contributed by atoms with van der Waals surface area (Å²) in [7, 11) is 4.09. The number of urea groups is 1. The summed E-state index contributed by atoms with van der Waals surface area (Å²) >= 11 is 0. The van der Waals surface area contributed by atoms with Crippen molar-refractivity contribution < 1.29 is 14.8 Å². The maximum absolute atomic E-state index is 13.6. The van der Waals surface area contributed by atoms with Crippen molar-refractivity contribution in [3.63, 3.8) is 0 Å². The Balaban J connectivity index is 1.20. The van der Waals surface area contributed by atoms with Gasteiger partial charge in [0.05, 0.1) is 12.2 Å². The third kappa shape index (κ3) is 8.34. The Hall–Kier alpha value is -4.74. The first-order chi connectivity index (χ1) is 23.9. The number of pyridine rings is 1. The van der Waals surface area contributed by atoms with Gasteiger partial charge in [-0.25, -0.2) is 4.79 Å². The van der Waals surface area contributed by atoms with Crippen LogP contribution < -0.4 is 26.0 Å². The van der Waals surface area contributed by atoms with Crippen LogP contribution >= 0.6 is 0 Å². The summed E-state index contributed by atoms with van der Waals surface area (Å²) in [4.78, 5) is 22.6. The number of hydrogen-bond donors (Lipinski definition) is 3. The second-order valence-electron chi connectivity index (χ2n) is 15.0. The van der Waals surface area contributed by atoms with Gasteiger partial charge < -0.3 is 25.6 Å². The van der Waals surface area contributed by atoms with Crippen LogP contribution in [-0.2, 0) is 6.54 Å². The maximum Gasteiger partial charge on any atom is 0.346 e. The first-order valence-corrected chi connectivity index (χ1v) is 17.8. The van der Waals surface area contributed by atoms with Gasteiger partial charge in [-0.1, -0.05) is 57.2 Å². The molecule has 1 aliphatic heterocycles. The van der Waals surface area contributed by atoms with Gasteiger partial charge in [0.25, 0.3) is 0 Å². The lowest BCUT2D eigenvalue weighted by molar-refractivity contribution is -0.441. The number of aliphatic imine (C=N–C) groups is 1. The van der Waals surface area contributed by atoms with Crippen LogP contribution in [0.4, 0.5) is 16.4 Å². The minimum absolute atomic E-state index is 0.165. The summed E-state index contributed by atoms with van der Waals surface area (Å²) in [6, 6.07) is 20.2. The number of carbonyl (C=O) groups is 1. The molecule has 0 saturated carbocycles. The predicted molar refractivity (Wildman–Crippen MR) is 199 cm³/mol. The average molecular weight is 679 g/mol. The zero-order valence-electron chi connectivity index (χ0n) is 30.3. The van der Waals surface area contributed by atoms with E-state index in [9.17, 15) is 4.79 Å². The van der Waals surface area contributed by atoms with Crippen molar-refractivity contribution >= 4 is 29.1 Å². The summed E-state index contributed by atoms with van der Waals surface area (Å²) in [5.74, 6) is 2.13. The number of anilines is 1. The number of piperidine rings is 1. The molecule has 2 aromatic carbocycles. The van der Waals surface area contributed by atoms with Gasteiger partial charge in [-0.05, 0) is 88.0 Å². The Labute approximate surface area is 295 Å². The molecule has 0 bridgehead atoms. The number of hydrogen-bond acceptors (Lipinski definition) is 7. The molecule has 0 unspecified atom stereocenters. The Bertz CT molecular complexity index is 1870. The standard InChI is InChI=1S/C39H51N9O2/c1-26-12-9-10-21-47(26)38-45-44-36-20-17-29(25-48(36)38)50-33-19-18-32(30-15-7-8-16-31(30)33)42-37(49)43-35(23-34(40)39(2,3)4)41-28-14-11-13-27(22-28)24-46(5)6/h7-8,11,13-17,20,22-23,25-26,32-33H,9-10,12,18-19,21,24,40H2,1-6H3,(H2,41,42,43,49)/p+1/b34-23-/t26-,32-,33+/m0/s1. The third-order valence-electron chi connectivity index (χ3n) is 9.59. The number of aromatic nitrogens is 3. The number of amidine groups is 1. The Morgan fingerprint density at radius 1 is 1.06 bits per heavy atom. The SMILES string of the molecule is C[C@H]1CCCCN1c1nnc2ccc(O[C@@H]3CC[C@H](NC(=O)/N=C(\C=C(/N)C(C)(C)C)[NH2+]c4cccc(CN(C)C)c4)c4ccccc43)cn12. The summed E-state index contributed by atoms with van der Waals surface area (Å²) in [5.41, 5.74) is 11.9. The number of nitrogens with zero attached hydrogens (tertiary/aromatic N) is 6. The van der Waals surface area contributed by atoms with Gasteiger partial charge in [-0.15, -0.1) is 15.2 Å². The summed E-state index contributed by atoms with van der Waals surface area (Å²) in [6.45, 7) is 10.2. The van der Waals surface area contributed by atoms with Crippen molar-refractivity contribution in [3.8, 4) is 5.75 Å². The number of rotatable bonds is 8. The molecule has 11 nitrogen and oxygen atoms in total. The minimum Gasteiger partial charge on any atom is -0.484 e. The minimum atomic E-state index is -0.407. The van der Waals surface area contributed by atoms with Crippen molar-refractivity contribution in [3.05, 3.63) is 95.3 Å². The smallest absolute Gasteiger partial charge is 0.346 e. The molecule has 6 rings (SSSR count). The molecular weight excluding hydrogens is 626 g/mol. The van der Waals surface area contributed by atoms with Crippen molar-refractivity contribution in [1.29, 1.82) is 0 Å². The highest BCUT2D eigenvalue weighted by Crippen LogP contribution is 2.39. The fraction of sp³-hybridized carbons (Fsp3) is 0.436. The van der Waals surface area contributed by atoms with E-state index in [-0.39, 0.29) is 17.6 Å². The zero-order valence-corrected chi connectivity index (χ0v) is 30.3. The molecule has 2 amide bonds. The molecule has 0 radical (unpaired) electrons. The lowest BCUT2D eigenvalue weighted by Gasteiger charge is -2.33. The lowest BCUT2D eigenvalue weighted by atomic mass is 9.85. The van der Waals surface area contributed by atoms with E-state index in [1.807, 2.05) is 87.2 Å². The van der Waals surface area contributed by atoms with Crippen LogP contribution in [0.2, 0.25) is 0 Å². The highest BCUT2D eigenvalue weighted by atomic mass is 16.5. The van der Waals surface area contributed by atoms with Crippen molar-refractivity contribution in [2.24, 2.45) is 16.1 Å². The number of quaternary nitrogens is 1. The number of nitrogens with one attached hydrogen (secondary N) is 1.